The van der Waals surface area contributed by atoms with Crippen LogP contribution in [0.4, 0.5) is 0 Å². The molecule has 0 aromatic carbocycles. The number of hydrogen-bond donors (Lipinski definition) is 0. The van der Waals surface area contributed by atoms with Gasteiger partial charge in [0.1, 0.15) is 6.10 Å². The highest BCUT2D eigenvalue weighted by molar-refractivity contribution is 6.83. The molecule has 5 nitrogen and oxygen atoms in total. The number of methoxy groups -OCH3 is 1. The summed E-state index contributed by atoms with van der Waals surface area (Å²) in [6.45, 7) is 17.4. The maximum Gasteiger partial charge on any atom is 0.335 e. The third-order valence-electron chi connectivity index (χ3n) is 5.54. The monoisotopic (exact) mass is 408 g/mol. The first-order chi connectivity index (χ1) is 12.5. The largest absolute Gasteiger partial charge is 0.414 e. The van der Waals surface area contributed by atoms with Gasteiger partial charge in [0, 0.05) is 20.8 Å². The molecule has 1 rings (SSSR count). The van der Waals surface area contributed by atoms with Crippen LogP contribution in [-0.4, -0.2) is 56.7 Å². The van der Waals surface area contributed by atoms with Crippen molar-refractivity contribution < 1.29 is 23.8 Å². The van der Waals surface area contributed by atoms with E-state index in [1.54, 1.807) is 14.2 Å². The lowest BCUT2D eigenvalue weighted by molar-refractivity contribution is -0.0136. The predicted octanol–water partition coefficient (Wildman–Crippen LogP) is 4.99. The molecule has 1 heterocycles. The van der Waals surface area contributed by atoms with E-state index in [-0.39, 0.29) is 23.3 Å². The van der Waals surface area contributed by atoms with Gasteiger partial charge in [-0.2, -0.15) is 0 Å². The first kappa shape index (κ1) is 22.5. The van der Waals surface area contributed by atoms with Gasteiger partial charge in [0.25, 0.3) is 0 Å². The summed E-state index contributed by atoms with van der Waals surface area (Å²) >= 11 is 0. The van der Waals surface area contributed by atoms with Crippen LogP contribution in [0.5, 0.6) is 0 Å². The van der Waals surface area contributed by atoms with Crippen LogP contribution < -0.4 is 0 Å². The molecule has 1 aliphatic heterocycles. The van der Waals surface area contributed by atoms with Gasteiger partial charge in [0.05, 0.1) is 14.1 Å². The molecule has 0 radical (unpaired) electrons. The van der Waals surface area contributed by atoms with Gasteiger partial charge in [0.15, 0.2) is 0 Å². The molecular formula is C19H42O5Si2. The first-order valence-electron chi connectivity index (χ1n) is 10.5. The lowest BCUT2D eigenvalue weighted by atomic mass is 10.2. The lowest BCUT2D eigenvalue weighted by Gasteiger charge is -2.48. The van der Waals surface area contributed by atoms with E-state index >= 15 is 0 Å². The van der Waals surface area contributed by atoms with Crippen LogP contribution in [0.3, 0.4) is 0 Å². The van der Waals surface area contributed by atoms with Crippen molar-refractivity contribution in [3.63, 3.8) is 0 Å². The molecule has 1 saturated heterocycles. The summed E-state index contributed by atoms with van der Waals surface area (Å²) in [5.41, 5.74) is 1.14. The normalized spacial score (nSPS) is 25.8. The van der Waals surface area contributed by atoms with Gasteiger partial charge in [0.2, 0.25) is 0 Å². The molecule has 0 N–H and O–H groups in total. The lowest BCUT2D eigenvalue weighted by Crippen LogP contribution is -2.62. The first-order valence-corrected chi connectivity index (χ1v) is 13.9. The van der Waals surface area contributed by atoms with Crippen molar-refractivity contribution in [2.75, 3.05) is 27.4 Å². The van der Waals surface area contributed by atoms with Crippen LogP contribution in [0.1, 0.15) is 63.2 Å². The maximum atomic E-state index is 8.05. The highest BCUT2D eigenvalue weighted by Gasteiger charge is 2.57. The second kappa shape index (κ2) is 10.1. The van der Waals surface area contributed by atoms with Crippen molar-refractivity contribution in [2.45, 2.75) is 96.2 Å². The van der Waals surface area contributed by atoms with Crippen LogP contribution >= 0.6 is 0 Å². The number of hydrogen-bond acceptors (Lipinski definition) is 5. The Bertz CT molecular complexity index is 432. The van der Waals surface area contributed by atoms with Gasteiger partial charge in [-0.05, 0) is 28.6 Å². The van der Waals surface area contributed by atoms with E-state index < -0.39 is 23.7 Å². The Morgan fingerprint density at radius 1 is 0.923 bits per heavy atom. The van der Waals surface area contributed by atoms with Gasteiger partial charge < -0.3 is 22.4 Å². The van der Waals surface area contributed by atoms with Crippen LogP contribution in [0.25, 0.3) is 0 Å². The standard InChI is InChI=1S/C19H42O5Si2/c1-14(2)25(21-10,15(3)4)24-26(16(5)6,17(7)8)23-18-11-12-22-19(18)13-20-9/h14-19H,11-13H2,1-10H3/t18?,19-/m1/s1/i12T/t12?,18?,19-. The summed E-state index contributed by atoms with van der Waals surface area (Å²) in [6, 6.07) is 0. The molecule has 26 heavy (non-hydrogen) atoms. The van der Waals surface area contributed by atoms with E-state index in [0.29, 0.717) is 24.1 Å². The van der Waals surface area contributed by atoms with Crippen molar-refractivity contribution in [3.05, 3.63) is 0 Å². The molecule has 0 amide bonds. The van der Waals surface area contributed by atoms with E-state index in [0.717, 1.165) is 0 Å². The average Bonchev–Trinajstić information content (AvgIpc) is 2.89. The van der Waals surface area contributed by atoms with Crippen molar-refractivity contribution in [1.82, 2.24) is 0 Å². The Balaban J connectivity index is 3.29. The molecule has 0 aliphatic carbocycles. The predicted molar refractivity (Wildman–Crippen MR) is 111 cm³/mol. The Labute approximate surface area is 165 Å². The minimum Gasteiger partial charge on any atom is -0.414 e. The molecule has 0 aromatic heterocycles. The zero-order valence-electron chi connectivity index (χ0n) is 19.5. The maximum absolute atomic E-state index is 8.05. The minimum absolute atomic E-state index is 0.174. The van der Waals surface area contributed by atoms with Crippen LogP contribution in [0, 0.1) is 0 Å². The summed E-state index contributed by atoms with van der Waals surface area (Å²) in [5.74, 6) is 0. The van der Waals surface area contributed by atoms with Crippen molar-refractivity contribution in [2.24, 2.45) is 0 Å². The minimum atomic E-state index is -2.68. The zero-order chi connectivity index (χ0) is 21.0. The summed E-state index contributed by atoms with van der Waals surface area (Å²) < 4.78 is 39.2. The number of ether oxygens (including phenoxy) is 2. The fraction of sp³-hybridized carbons (Fsp3) is 1.00. The fourth-order valence-corrected chi connectivity index (χ4v) is 15.2. The molecule has 1 aliphatic rings. The molecule has 156 valence electrons. The third kappa shape index (κ3) is 4.98. The molecule has 7 heteroatoms. The summed E-state index contributed by atoms with van der Waals surface area (Å²) in [5, 5.41) is 0. The molecule has 0 aromatic rings. The topological polar surface area (TPSA) is 46.2 Å². The van der Waals surface area contributed by atoms with Crippen LogP contribution in [0.15, 0.2) is 0 Å². The second-order valence-corrected chi connectivity index (χ2v) is 17.5. The van der Waals surface area contributed by atoms with Crippen molar-refractivity contribution in [3.8, 4) is 0 Å². The Morgan fingerprint density at radius 3 is 1.81 bits per heavy atom. The summed E-state index contributed by atoms with van der Waals surface area (Å²) in [7, 11) is -1.73. The van der Waals surface area contributed by atoms with Gasteiger partial charge in [-0.15, -0.1) is 0 Å². The molecule has 0 spiro atoms. The average molecular weight is 409 g/mol. The SMILES string of the molecule is [3H]C1CC(O[Si](O[Si](OC)(C(C)C)C(C)C)(C(C)C)C(C)C)[C@@H](COC)O1. The molecule has 1 fully saturated rings. The van der Waals surface area contributed by atoms with Crippen LogP contribution in [-0.2, 0) is 22.4 Å². The van der Waals surface area contributed by atoms with E-state index in [2.05, 4.69) is 55.4 Å². The van der Waals surface area contributed by atoms with Crippen molar-refractivity contribution >= 4 is 17.1 Å². The smallest absolute Gasteiger partial charge is 0.335 e. The highest BCUT2D eigenvalue weighted by Crippen LogP contribution is 2.45. The summed E-state index contributed by atoms with van der Waals surface area (Å²) in [6.07, 6.45) is 0.158. The third-order valence-corrected chi connectivity index (χ3v) is 15.8. The Kier molecular flexibility index (Phi) is 8.78. The number of rotatable bonds is 11. The molecule has 0 bridgehead atoms. The summed E-state index contributed by atoms with van der Waals surface area (Å²) in [4.78, 5) is 0. The quantitative estimate of drug-likeness (QED) is 0.450. The second-order valence-electron chi connectivity index (χ2n) is 8.56. The van der Waals surface area contributed by atoms with E-state index in [1.165, 1.54) is 0 Å². The van der Waals surface area contributed by atoms with Gasteiger partial charge in [-0.1, -0.05) is 55.4 Å². The molecule has 2 unspecified atom stereocenters. The molecular weight excluding hydrogens is 364 g/mol. The van der Waals surface area contributed by atoms with Gasteiger partial charge >= 0.3 is 17.1 Å². The van der Waals surface area contributed by atoms with Gasteiger partial charge in [-0.3, -0.25) is 0 Å². The van der Waals surface area contributed by atoms with Gasteiger partial charge in [-0.25, -0.2) is 0 Å². The molecule has 3 atom stereocenters. The Morgan fingerprint density at radius 2 is 1.42 bits per heavy atom. The fourth-order valence-electron chi connectivity index (χ4n) is 4.05. The van der Waals surface area contributed by atoms with E-state index in [1.807, 2.05) is 0 Å². The van der Waals surface area contributed by atoms with Crippen molar-refractivity contribution in [1.29, 1.82) is 0 Å². The highest BCUT2D eigenvalue weighted by atomic mass is 28.5. The Hall–Kier alpha value is 0.234. The zero-order valence-corrected chi connectivity index (χ0v) is 20.5. The van der Waals surface area contributed by atoms with Crippen LogP contribution in [0.2, 0.25) is 22.2 Å². The van der Waals surface area contributed by atoms with E-state index in [4.69, 9.17) is 23.8 Å². The molecule has 0 saturated carbocycles. The van der Waals surface area contributed by atoms with E-state index in [9.17, 15) is 0 Å².